The van der Waals surface area contributed by atoms with E-state index in [4.69, 9.17) is 14.2 Å². The third-order valence-electron chi connectivity index (χ3n) is 5.15. The molecule has 1 aliphatic rings. The first kappa shape index (κ1) is 21.1. The van der Waals surface area contributed by atoms with E-state index in [1.165, 1.54) is 0 Å². The van der Waals surface area contributed by atoms with E-state index in [1.807, 2.05) is 50.5 Å². The molecule has 3 rings (SSSR count). The normalized spacial score (nSPS) is 17.2. The molecule has 2 aromatic carbocycles. The van der Waals surface area contributed by atoms with Crippen LogP contribution in [0.15, 0.2) is 48.5 Å². The zero-order valence-electron chi connectivity index (χ0n) is 17.4. The zero-order valence-corrected chi connectivity index (χ0v) is 17.4. The SMILES string of the molecule is COc1ccccc1C(CNC(=O)c1ccc(OCC2CCCO2)cc1)N(C)C. The van der Waals surface area contributed by atoms with Crippen molar-refractivity contribution in [3.8, 4) is 11.5 Å². The van der Waals surface area contributed by atoms with Crippen LogP contribution in [0.25, 0.3) is 0 Å². The third kappa shape index (κ3) is 5.71. The summed E-state index contributed by atoms with van der Waals surface area (Å²) in [6.07, 6.45) is 2.31. The summed E-state index contributed by atoms with van der Waals surface area (Å²) in [5.74, 6) is 1.45. The molecule has 0 aliphatic carbocycles. The Morgan fingerprint density at radius 3 is 2.62 bits per heavy atom. The fourth-order valence-electron chi connectivity index (χ4n) is 3.47. The van der Waals surface area contributed by atoms with Crippen LogP contribution in [0.3, 0.4) is 0 Å². The average Bonchev–Trinajstić information content (AvgIpc) is 3.26. The molecule has 1 N–H and O–H groups in total. The van der Waals surface area contributed by atoms with Crippen molar-refractivity contribution in [2.45, 2.75) is 25.0 Å². The maximum atomic E-state index is 12.6. The van der Waals surface area contributed by atoms with Crippen LogP contribution >= 0.6 is 0 Å². The first-order valence-corrected chi connectivity index (χ1v) is 10.0. The number of carbonyl (C=O) groups is 1. The van der Waals surface area contributed by atoms with Crippen LogP contribution in [0.2, 0.25) is 0 Å². The van der Waals surface area contributed by atoms with Gasteiger partial charge in [0.1, 0.15) is 18.1 Å². The van der Waals surface area contributed by atoms with Gasteiger partial charge in [-0.25, -0.2) is 0 Å². The van der Waals surface area contributed by atoms with Crippen LogP contribution in [-0.4, -0.2) is 57.9 Å². The lowest BCUT2D eigenvalue weighted by atomic mass is 10.0. The molecule has 1 heterocycles. The van der Waals surface area contributed by atoms with E-state index in [0.29, 0.717) is 18.7 Å². The Labute approximate surface area is 172 Å². The molecular formula is C23H30N2O4. The van der Waals surface area contributed by atoms with Crippen LogP contribution < -0.4 is 14.8 Å². The zero-order chi connectivity index (χ0) is 20.6. The molecule has 1 fully saturated rings. The van der Waals surface area contributed by atoms with Crippen molar-refractivity contribution in [1.82, 2.24) is 10.2 Å². The average molecular weight is 399 g/mol. The first-order chi connectivity index (χ1) is 14.1. The quantitative estimate of drug-likeness (QED) is 0.702. The molecule has 6 heteroatoms. The van der Waals surface area contributed by atoms with E-state index in [9.17, 15) is 4.79 Å². The second kappa shape index (κ2) is 10.3. The molecule has 1 saturated heterocycles. The molecule has 2 aromatic rings. The molecule has 0 spiro atoms. The Morgan fingerprint density at radius 2 is 1.97 bits per heavy atom. The Balaban J connectivity index is 1.57. The summed E-state index contributed by atoms with van der Waals surface area (Å²) in [7, 11) is 5.64. The number of ether oxygens (including phenoxy) is 3. The highest BCUT2D eigenvalue weighted by molar-refractivity contribution is 5.94. The molecule has 0 radical (unpaired) electrons. The number of rotatable bonds is 9. The minimum Gasteiger partial charge on any atom is -0.496 e. The Kier molecular flexibility index (Phi) is 7.49. The van der Waals surface area contributed by atoms with Gasteiger partial charge in [0.15, 0.2) is 0 Å². The molecule has 2 unspecified atom stereocenters. The smallest absolute Gasteiger partial charge is 0.251 e. The van der Waals surface area contributed by atoms with Crippen LogP contribution in [0.5, 0.6) is 11.5 Å². The highest BCUT2D eigenvalue weighted by Gasteiger charge is 2.20. The second-order valence-electron chi connectivity index (χ2n) is 7.40. The van der Waals surface area contributed by atoms with E-state index < -0.39 is 0 Å². The molecule has 0 aromatic heterocycles. The molecule has 2 atom stereocenters. The van der Waals surface area contributed by atoms with E-state index in [-0.39, 0.29) is 18.1 Å². The Bertz CT molecular complexity index is 786. The van der Waals surface area contributed by atoms with Gasteiger partial charge in [0.05, 0.1) is 19.3 Å². The van der Waals surface area contributed by atoms with Gasteiger partial charge < -0.3 is 24.4 Å². The van der Waals surface area contributed by atoms with Gasteiger partial charge in [0, 0.05) is 24.3 Å². The first-order valence-electron chi connectivity index (χ1n) is 10.0. The van der Waals surface area contributed by atoms with Gasteiger partial charge in [-0.05, 0) is 57.3 Å². The Morgan fingerprint density at radius 1 is 1.21 bits per heavy atom. The number of benzene rings is 2. The molecule has 1 aliphatic heterocycles. The fraction of sp³-hybridized carbons (Fsp3) is 0.435. The van der Waals surface area contributed by atoms with E-state index in [2.05, 4.69) is 10.2 Å². The Hall–Kier alpha value is -2.57. The van der Waals surface area contributed by atoms with Crippen molar-refractivity contribution < 1.29 is 19.0 Å². The summed E-state index contributed by atoms with van der Waals surface area (Å²) in [4.78, 5) is 14.7. The molecule has 0 bridgehead atoms. The molecule has 1 amide bonds. The maximum absolute atomic E-state index is 12.6. The molecular weight excluding hydrogens is 368 g/mol. The van der Waals surface area contributed by atoms with Gasteiger partial charge in [-0.3, -0.25) is 4.79 Å². The summed E-state index contributed by atoms with van der Waals surface area (Å²) in [5.41, 5.74) is 1.64. The van der Waals surface area contributed by atoms with Gasteiger partial charge in [0.2, 0.25) is 0 Å². The summed E-state index contributed by atoms with van der Waals surface area (Å²) in [5, 5.41) is 3.03. The van der Waals surface area contributed by atoms with E-state index >= 15 is 0 Å². The van der Waals surface area contributed by atoms with Crippen LogP contribution in [0, 0.1) is 0 Å². The number of amides is 1. The maximum Gasteiger partial charge on any atom is 0.251 e. The van der Waals surface area contributed by atoms with Crippen molar-refractivity contribution >= 4 is 5.91 Å². The van der Waals surface area contributed by atoms with Crippen molar-refractivity contribution in [2.75, 3.05) is 41.0 Å². The largest absolute Gasteiger partial charge is 0.496 e. The standard InChI is InChI=1S/C23H30N2O4/c1-25(2)21(20-8-4-5-9-22(20)27-3)15-24-23(26)17-10-12-18(13-11-17)29-16-19-7-6-14-28-19/h4-5,8-13,19,21H,6-7,14-16H2,1-3H3,(H,24,26). The van der Waals surface area contributed by atoms with Crippen molar-refractivity contribution in [2.24, 2.45) is 0 Å². The summed E-state index contributed by atoms with van der Waals surface area (Å²) in [6.45, 7) is 1.84. The molecule has 29 heavy (non-hydrogen) atoms. The summed E-state index contributed by atoms with van der Waals surface area (Å²) in [6, 6.07) is 15.1. The van der Waals surface area contributed by atoms with Gasteiger partial charge >= 0.3 is 0 Å². The van der Waals surface area contributed by atoms with Crippen LogP contribution in [0.1, 0.15) is 34.8 Å². The highest BCUT2D eigenvalue weighted by Crippen LogP contribution is 2.27. The molecule has 0 saturated carbocycles. The second-order valence-corrected chi connectivity index (χ2v) is 7.40. The predicted molar refractivity (Wildman–Crippen MR) is 113 cm³/mol. The van der Waals surface area contributed by atoms with Crippen molar-refractivity contribution in [3.63, 3.8) is 0 Å². The highest BCUT2D eigenvalue weighted by atomic mass is 16.5. The van der Waals surface area contributed by atoms with Crippen molar-refractivity contribution in [1.29, 1.82) is 0 Å². The monoisotopic (exact) mass is 398 g/mol. The number of hydrogen-bond donors (Lipinski definition) is 1. The topological polar surface area (TPSA) is 60.0 Å². The number of carbonyl (C=O) groups excluding carboxylic acids is 1. The number of methoxy groups -OCH3 is 1. The number of likely N-dealkylation sites (N-methyl/N-ethyl adjacent to an activating group) is 1. The van der Waals surface area contributed by atoms with Crippen LogP contribution in [0.4, 0.5) is 0 Å². The number of para-hydroxylation sites is 1. The molecule has 156 valence electrons. The minimum absolute atomic E-state index is 0.00381. The van der Waals surface area contributed by atoms with Crippen molar-refractivity contribution in [3.05, 3.63) is 59.7 Å². The van der Waals surface area contributed by atoms with E-state index in [1.54, 1.807) is 19.2 Å². The summed E-state index contributed by atoms with van der Waals surface area (Å²) < 4.78 is 16.8. The molecule has 6 nitrogen and oxygen atoms in total. The lowest BCUT2D eigenvalue weighted by Crippen LogP contribution is -2.34. The minimum atomic E-state index is -0.113. The lowest BCUT2D eigenvalue weighted by molar-refractivity contribution is 0.0679. The van der Waals surface area contributed by atoms with Gasteiger partial charge in [0.25, 0.3) is 5.91 Å². The summed E-state index contributed by atoms with van der Waals surface area (Å²) >= 11 is 0. The third-order valence-corrected chi connectivity index (χ3v) is 5.15. The van der Waals surface area contributed by atoms with E-state index in [0.717, 1.165) is 36.5 Å². The number of hydrogen-bond acceptors (Lipinski definition) is 5. The number of nitrogens with one attached hydrogen (secondary N) is 1. The fourth-order valence-corrected chi connectivity index (χ4v) is 3.47. The van der Waals surface area contributed by atoms with Crippen LogP contribution in [-0.2, 0) is 4.74 Å². The van der Waals surface area contributed by atoms with Gasteiger partial charge in [-0.2, -0.15) is 0 Å². The predicted octanol–water partition coefficient (Wildman–Crippen LogP) is 3.29. The number of nitrogens with zero attached hydrogens (tertiary/aromatic N) is 1. The lowest BCUT2D eigenvalue weighted by Gasteiger charge is -2.26. The van der Waals surface area contributed by atoms with Gasteiger partial charge in [-0.1, -0.05) is 18.2 Å². The van der Waals surface area contributed by atoms with Gasteiger partial charge in [-0.15, -0.1) is 0 Å².